The lowest BCUT2D eigenvalue weighted by atomic mass is 10.1. The van der Waals surface area contributed by atoms with Crippen LogP contribution < -0.4 is 4.74 Å². The van der Waals surface area contributed by atoms with E-state index in [1.54, 1.807) is 21.9 Å². The molecule has 4 rings (SSSR count). The van der Waals surface area contributed by atoms with Crippen LogP contribution in [0.4, 0.5) is 4.79 Å². The zero-order valence-electron chi connectivity index (χ0n) is 15.2. The summed E-state index contributed by atoms with van der Waals surface area (Å²) in [5, 5.41) is 0.955. The Balaban J connectivity index is 1.41. The molecule has 0 unspecified atom stereocenters. The SMILES string of the molecule is Cn1cc(C(=O)N2CCN(C(=O)Oc3ccccc3)CC2)c2ccccc21. The summed E-state index contributed by atoms with van der Waals surface area (Å²) in [4.78, 5) is 28.7. The van der Waals surface area contributed by atoms with E-state index in [4.69, 9.17) is 4.74 Å². The van der Waals surface area contributed by atoms with E-state index in [2.05, 4.69) is 0 Å². The molecule has 27 heavy (non-hydrogen) atoms. The van der Waals surface area contributed by atoms with E-state index in [9.17, 15) is 9.59 Å². The molecule has 0 spiro atoms. The van der Waals surface area contributed by atoms with Crippen LogP contribution in [-0.2, 0) is 7.05 Å². The molecule has 2 amide bonds. The van der Waals surface area contributed by atoms with Crippen molar-refractivity contribution in [1.29, 1.82) is 0 Å². The number of rotatable bonds is 2. The number of carbonyl (C=O) groups excluding carboxylic acids is 2. The Morgan fingerprint density at radius 1 is 0.852 bits per heavy atom. The minimum absolute atomic E-state index is 0.00266. The highest BCUT2D eigenvalue weighted by atomic mass is 16.6. The van der Waals surface area contributed by atoms with Crippen molar-refractivity contribution in [2.45, 2.75) is 0 Å². The molecule has 1 saturated heterocycles. The van der Waals surface area contributed by atoms with Crippen LogP contribution in [0.15, 0.2) is 60.8 Å². The fourth-order valence-electron chi connectivity index (χ4n) is 3.43. The molecule has 3 aromatic rings. The van der Waals surface area contributed by atoms with Crippen molar-refractivity contribution in [3.63, 3.8) is 0 Å². The minimum atomic E-state index is -0.376. The van der Waals surface area contributed by atoms with Gasteiger partial charge in [0.15, 0.2) is 0 Å². The maximum atomic E-state index is 13.0. The number of carbonyl (C=O) groups is 2. The smallest absolute Gasteiger partial charge is 0.410 e. The molecule has 1 aliphatic heterocycles. The lowest BCUT2D eigenvalue weighted by molar-refractivity contribution is 0.0635. The number of ether oxygens (including phenoxy) is 1. The highest BCUT2D eigenvalue weighted by Crippen LogP contribution is 2.22. The van der Waals surface area contributed by atoms with Crippen molar-refractivity contribution in [3.8, 4) is 5.75 Å². The van der Waals surface area contributed by atoms with E-state index < -0.39 is 0 Å². The van der Waals surface area contributed by atoms with Gasteiger partial charge in [-0.3, -0.25) is 4.79 Å². The second kappa shape index (κ2) is 7.15. The zero-order chi connectivity index (χ0) is 18.8. The van der Waals surface area contributed by atoms with Gasteiger partial charge in [0.1, 0.15) is 5.75 Å². The van der Waals surface area contributed by atoms with E-state index >= 15 is 0 Å². The molecule has 138 valence electrons. The van der Waals surface area contributed by atoms with Gasteiger partial charge in [-0.15, -0.1) is 0 Å². The van der Waals surface area contributed by atoms with E-state index in [0.29, 0.717) is 37.5 Å². The fraction of sp³-hybridized carbons (Fsp3) is 0.238. The standard InChI is InChI=1S/C21H21N3O3/c1-22-15-18(17-9-5-6-10-19(17)22)20(25)23-11-13-24(14-12-23)21(26)27-16-7-3-2-4-8-16/h2-10,15H,11-14H2,1H3. The van der Waals surface area contributed by atoms with Gasteiger partial charge in [0, 0.05) is 50.3 Å². The van der Waals surface area contributed by atoms with Gasteiger partial charge in [0.05, 0.1) is 5.56 Å². The normalized spacial score (nSPS) is 14.4. The van der Waals surface area contributed by atoms with Crippen molar-refractivity contribution in [2.24, 2.45) is 7.05 Å². The fourth-order valence-corrected chi connectivity index (χ4v) is 3.43. The summed E-state index contributed by atoms with van der Waals surface area (Å²) in [7, 11) is 1.94. The number of nitrogens with zero attached hydrogens (tertiary/aromatic N) is 3. The lowest BCUT2D eigenvalue weighted by Crippen LogP contribution is -2.51. The molecule has 0 saturated carbocycles. The highest BCUT2D eigenvalue weighted by Gasteiger charge is 2.27. The summed E-state index contributed by atoms with van der Waals surface area (Å²) in [6.45, 7) is 1.90. The molecule has 1 aromatic heterocycles. The molecule has 0 N–H and O–H groups in total. The Bertz CT molecular complexity index is 973. The monoisotopic (exact) mass is 363 g/mol. The minimum Gasteiger partial charge on any atom is -0.410 e. The maximum absolute atomic E-state index is 13.0. The molecule has 1 aliphatic rings. The van der Waals surface area contributed by atoms with Crippen LogP contribution in [0.25, 0.3) is 10.9 Å². The average Bonchev–Trinajstić information content (AvgIpc) is 3.05. The summed E-state index contributed by atoms with van der Waals surface area (Å²) in [6, 6.07) is 16.9. The van der Waals surface area contributed by atoms with Gasteiger partial charge in [0.25, 0.3) is 5.91 Å². The first-order valence-corrected chi connectivity index (χ1v) is 8.98. The molecule has 0 bridgehead atoms. The third-order valence-corrected chi connectivity index (χ3v) is 4.90. The number of hydrogen-bond acceptors (Lipinski definition) is 3. The van der Waals surface area contributed by atoms with E-state index in [0.717, 1.165) is 10.9 Å². The second-order valence-corrected chi connectivity index (χ2v) is 6.63. The molecule has 0 radical (unpaired) electrons. The predicted molar refractivity (Wildman–Crippen MR) is 103 cm³/mol. The Morgan fingerprint density at radius 2 is 1.48 bits per heavy atom. The quantitative estimate of drug-likeness (QED) is 0.703. The number of para-hydroxylation sites is 2. The Kier molecular flexibility index (Phi) is 4.54. The molecule has 2 heterocycles. The Hall–Kier alpha value is -3.28. The molecule has 0 atom stereocenters. The molecular formula is C21H21N3O3. The second-order valence-electron chi connectivity index (χ2n) is 6.63. The molecule has 6 nitrogen and oxygen atoms in total. The van der Waals surface area contributed by atoms with Crippen LogP contribution in [-0.4, -0.2) is 52.5 Å². The number of hydrogen-bond donors (Lipinski definition) is 0. The number of benzene rings is 2. The molecule has 6 heteroatoms. The van der Waals surface area contributed by atoms with Crippen LogP contribution in [0, 0.1) is 0 Å². The van der Waals surface area contributed by atoms with Gasteiger partial charge in [-0.05, 0) is 18.2 Å². The molecule has 0 aliphatic carbocycles. The van der Waals surface area contributed by atoms with Gasteiger partial charge >= 0.3 is 6.09 Å². The van der Waals surface area contributed by atoms with Crippen molar-refractivity contribution in [3.05, 3.63) is 66.4 Å². The number of fused-ring (bicyclic) bond motifs is 1. The maximum Gasteiger partial charge on any atom is 0.415 e. The van der Waals surface area contributed by atoms with Gasteiger partial charge in [-0.25, -0.2) is 4.79 Å². The molecular weight excluding hydrogens is 342 g/mol. The van der Waals surface area contributed by atoms with Crippen LogP contribution in [0.2, 0.25) is 0 Å². The van der Waals surface area contributed by atoms with Crippen LogP contribution in [0.5, 0.6) is 5.75 Å². The summed E-state index contributed by atoms with van der Waals surface area (Å²) >= 11 is 0. The van der Waals surface area contributed by atoms with Crippen LogP contribution in [0.3, 0.4) is 0 Å². The Labute approximate surface area is 157 Å². The largest absolute Gasteiger partial charge is 0.415 e. The van der Waals surface area contributed by atoms with Crippen LogP contribution in [0.1, 0.15) is 10.4 Å². The van der Waals surface area contributed by atoms with Gasteiger partial charge in [-0.2, -0.15) is 0 Å². The first kappa shape index (κ1) is 17.1. The lowest BCUT2D eigenvalue weighted by Gasteiger charge is -2.34. The number of piperazine rings is 1. The van der Waals surface area contributed by atoms with E-state index in [-0.39, 0.29) is 12.0 Å². The van der Waals surface area contributed by atoms with Crippen molar-refractivity contribution < 1.29 is 14.3 Å². The third kappa shape index (κ3) is 3.38. The summed E-state index contributed by atoms with van der Waals surface area (Å²) in [5.41, 5.74) is 1.74. The topological polar surface area (TPSA) is 54.8 Å². The average molecular weight is 363 g/mol. The first-order valence-electron chi connectivity index (χ1n) is 8.98. The van der Waals surface area contributed by atoms with Gasteiger partial charge in [-0.1, -0.05) is 36.4 Å². The van der Waals surface area contributed by atoms with Crippen molar-refractivity contribution in [2.75, 3.05) is 26.2 Å². The summed E-state index contributed by atoms with van der Waals surface area (Å²) < 4.78 is 7.34. The Morgan fingerprint density at radius 3 is 2.22 bits per heavy atom. The summed E-state index contributed by atoms with van der Waals surface area (Å²) in [6.07, 6.45) is 1.50. The van der Waals surface area contributed by atoms with Crippen LogP contribution >= 0.6 is 0 Å². The number of aryl methyl sites for hydroxylation is 1. The van der Waals surface area contributed by atoms with Crippen molar-refractivity contribution >= 4 is 22.9 Å². The third-order valence-electron chi connectivity index (χ3n) is 4.90. The van der Waals surface area contributed by atoms with Crippen molar-refractivity contribution in [1.82, 2.24) is 14.4 Å². The van der Waals surface area contributed by atoms with E-state index in [1.165, 1.54) is 0 Å². The van der Waals surface area contributed by atoms with Gasteiger partial charge in [0.2, 0.25) is 0 Å². The van der Waals surface area contributed by atoms with E-state index in [1.807, 2.05) is 60.3 Å². The molecule has 2 aromatic carbocycles. The zero-order valence-corrected chi connectivity index (χ0v) is 15.2. The first-order chi connectivity index (χ1) is 13.1. The molecule has 1 fully saturated rings. The predicted octanol–water partition coefficient (Wildman–Crippen LogP) is 3.14. The number of aromatic nitrogens is 1. The highest BCUT2D eigenvalue weighted by molar-refractivity contribution is 6.07. The number of amides is 2. The van der Waals surface area contributed by atoms with Gasteiger partial charge < -0.3 is 19.1 Å². The summed E-state index contributed by atoms with van der Waals surface area (Å²) in [5.74, 6) is 0.527.